The smallest absolute Gasteiger partial charge is 0.323 e. The number of H-pyrrole nitrogens is 1. The van der Waals surface area contributed by atoms with Crippen LogP contribution in [-0.4, -0.2) is 19.1 Å². The molecular formula is C13H11ClN4O2. The van der Waals surface area contributed by atoms with Gasteiger partial charge < -0.3 is 4.98 Å². The number of fused-ring (bicyclic) bond motifs is 1. The zero-order valence-electron chi connectivity index (χ0n) is 10.6. The van der Waals surface area contributed by atoms with Gasteiger partial charge in [-0.3, -0.25) is 13.9 Å². The predicted octanol–water partition coefficient (Wildman–Crippen LogP) is 1.12. The molecule has 0 aliphatic rings. The summed E-state index contributed by atoms with van der Waals surface area (Å²) in [6.45, 7) is 0.207. The van der Waals surface area contributed by atoms with E-state index in [1.165, 1.54) is 4.57 Å². The monoisotopic (exact) mass is 290 g/mol. The fraction of sp³-hybridized carbons (Fsp3) is 0.154. The van der Waals surface area contributed by atoms with Gasteiger partial charge in [-0.15, -0.1) is 0 Å². The standard InChI is InChI=1S/C13H11ClN4O2/c1-17-10-9(15-12(14)16-10)11(19)18(13(17)20)7-8-5-3-2-4-6-8/h2-6H,7H2,1H3,(H,15,16). The molecule has 0 bridgehead atoms. The van der Waals surface area contributed by atoms with E-state index in [1.54, 1.807) is 7.05 Å². The summed E-state index contributed by atoms with van der Waals surface area (Å²) in [5.41, 5.74) is 0.514. The van der Waals surface area contributed by atoms with E-state index in [-0.39, 0.29) is 23.0 Å². The summed E-state index contributed by atoms with van der Waals surface area (Å²) in [4.78, 5) is 31.2. The fourth-order valence-corrected chi connectivity index (χ4v) is 2.30. The SMILES string of the molecule is Cn1c(=O)n(Cc2ccccc2)c(=O)c2[nH]c(Cl)nc21. The Morgan fingerprint density at radius 2 is 1.95 bits per heavy atom. The van der Waals surface area contributed by atoms with E-state index >= 15 is 0 Å². The summed E-state index contributed by atoms with van der Waals surface area (Å²) in [5, 5.41) is 0.0876. The van der Waals surface area contributed by atoms with Crippen molar-refractivity contribution in [2.24, 2.45) is 7.05 Å². The number of aryl methyl sites for hydroxylation is 1. The molecule has 2 aromatic heterocycles. The molecule has 7 heteroatoms. The van der Waals surface area contributed by atoms with E-state index in [0.717, 1.165) is 10.1 Å². The van der Waals surface area contributed by atoms with Crippen molar-refractivity contribution in [3.05, 3.63) is 62.0 Å². The molecule has 0 aliphatic heterocycles. The molecule has 6 nitrogen and oxygen atoms in total. The molecular weight excluding hydrogens is 280 g/mol. The molecule has 20 heavy (non-hydrogen) atoms. The lowest BCUT2D eigenvalue weighted by Gasteiger charge is -2.07. The van der Waals surface area contributed by atoms with E-state index in [1.807, 2.05) is 30.3 Å². The number of nitrogens with one attached hydrogen (secondary N) is 1. The van der Waals surface area contributed by atoms with Crippen LogP contribution >= 0.6 is 11.6 Å². The number of aromatic nitrogens is 4. The van der Waals surface area contributed by atoms with Crippen molar-refractivity contribution in [1.29, 1.82) is 0 Å². The van der Waals surface area contributed by atoms with E-state index in [0.29, 0.717) is 0 Å². The zero-order chi connectivity index (χ0) is 14.3. The van der Waals surface area contributed by atoms with Gasteiger partial charge in [-0.1, -0.05) is 30.3 Å². The van der Waals surface area contributed by atoms with Gasteiger partial charge in [0, 0.05) is 7.05 Å². The third-order valence-corrected chi connectivity index (χ3v) is 3.31. The molecule has 0 amide bonds. The van der Waals surface area contributed by atoms with Crippen LogP contribution in [0.2, 0.25) is 5.28 Å². The predicted molar refractivity (Wildman–Crippen MR) is 76.1 cm³/mol. The Morgan fingerprint density at radius 1 is 1.25 bits per heavy atom. The lowest BCUT2D eigenvalue weighted by molar-refractivity contribution is 0.657. The lowest BCUT2D eigenvalue weighted by atomic mass is 10.2. The molecule has 0 spiro atoms. The Hall–Kier alpha value is -2.34. The highest BCUT2D eigenvalue weighted by Gasteiger charge is 2.14. The molecule has 1 N–H and O–H groups in total. The maximum atomic E-state index is 12.3. The number of halogens is 1. The van der Waals surface area contributed by atoms with Crippen molar-refractivity contribution >= 4 is 22.8 Å². The third-order valence-electron chi connectivity index (χ3n) is 3.13. The third kappa shape index (κ3) is 1.94. The van der Waals surface area contributed by atoms with Gasteiger partial charge in [-0.05, 0) is 17.2 Å². The van der Waals surface area contributed by atoms with Gasteiger partial charge in [0.05, 0.1) is 6.54 Å². The second kappa shape index (κ2) is 4.64. The molecule has 102 valence electrons. The topological polar surface area (TPSA) is 72.7 Å². The van der Waals surface area contributed by atoms with Crippen LogP contribution in [0, 0.1) is 0 Å². The van der Waals surface area contributed by atoms with Gasteiger partial charge in [0.15, 0.2) is 11.2 Å². The number of rotatable bonds is 2. The number of nitrogens with zero attached hydrogens (tertiary/aromatic N) is 3. The maximum Gasteiger partial charge on any atom is 0.332 e. The molecule has 0 saturated carbocycles. The lowest BCUT2D eigenvalue weighted by Crippen LogP contribution is -2.39. The van der Waals surface area contributed by atoms with Crippen molar-refractivity contribution in [3.63, 3.8) is 0 Å². The summed E-state index contributed by atoms with van der Waals surface area (Å²) in [5.74, 6) is 0. The second-order valence-corrected chi connectivity index (χ2v) is 4.80. The van der Waals surface area contributed by atoms with Crippen LogP contribution < -0.4 is 11.2 Å². The normalized spacial score (nSPS) is 11.1. The van der Waals surface area contributed by atoms with Crippen LogP contribution in [0.25, 0.3) is 11.2 Å². The van der Waals surface area contributed by atoms with E-state index in [9.17, 15) is 9.59 Å². The average Bonchev–Trinajstić information content (AvgIpc) is 2.85. The second-order valence-electron chi connectivity index (χ2n) is 4.44. The molecule has 0 fully saturated rings. The maximum absolute atomic E-state index is 12.3. The largest absolute Gasteiger partial charge is 0.332 e. The first kappa shape index (κ1) is 12.7. The minimum absolute atomic E-state index is 0.0876. The quantitative estimate of drug-likeness (QED) is 0.719. The molecule has 2 heterocycles. The summed E-state index contributed by atoms with van der Waals surface area (Å²) in [7, 11) is 1.56. The first-order chi connectivity index (χ1) is 9.58. The summed E-state index contributed by atoms with van der Waals surface area (Å²) < 4.78 is 2.47. The number of aromatic amines is 1. The Morgan fingerprint density at radius 3 is 2.65 bits per heavy atom. The minimum Gasteiger partial charge on any atom is -0.323 e. The van der Waals surface area contributed by atoms with Gasteiger partial charge >= 0.3 is 5.69 Å². The molecule has 0 unspecified atom stereocenters. The van der Waals surface area contributed by atoms with Crippen LogP contribution in [0.1, 0.15) is 5.56 Å². The number of hydrogen-bond donors (Lipinski definition) is 1. The van der Waals surface area contributed by atoms with Crippen molar-refractivity contribution < 1.29 is 0 Å². The Kier molecular flexibility index (Phi) is 2.94. The number of hydrogen-bond acceptors (Lipinski definition) is 3. The molecule has 0 atom stereocenters. The zero-order valence-corrected chi connectivity index (χ0v) is 11.4. The van der Waals surface area contributed by atoms with E-state index < -0.39 is 11.2 Å². The highest BCUT2D eigenvalue weighted by molar-refractivity contribution is 6.28. The van der Waals surface area contributed by atoms with Crippen molar-refractivity contribution in [1.82, 2.24) is 19.1 Å². The molecule has 0 saturated heterocycles. The summed E-state index contributed by atoms with van der Waals surface area (Å²) in [6, 6.07) is 9.31. The number of imidazole rings is 1. The van der Waals surface area contributed by atoms with Crippen LogP contribution in [-0.2, 0) is 13.6 Å². The fourth-order valence-electron chi connectivity index (χ4n) is 2.13. The van der Waals surface area contributed by atoms with Crippen LogP contribution in [0.3, 0.4) is 0 Å². The van der Waals surface area contributed by atoms with Gasteiger partial charge in [-0.2, -0.15) is 4.98 Å². The summed E-state index contributed by atoms with van der Waals surface area (Å²) in [6.07, 6.45) is 0. The van der Waals surface area contributed by atoms with Crippen molar-refractivity contribution in [2.45, 2.75) is 6.54 Å². The minimum atomic E-state index is -0.425. The van der Waals surface area contributed by atoms with Gasteiger partial charge in [0.25, 0.3) is 5.56 Å². The average molecular weight is 291 g/mol. The highest BCUT2D eigenvalue weighted by Crippen LogP contribution is 2.08. The van der Waals surface area contributed by atoms with Crippen LogP contribution in [0.5, 0.6) is 0 Å². The van der Waals surface area contributed by atoms with E-state index in [2.05, 4.69) is 9.97 Å². The van der Waals surface area contributed by atoms with E-state index in [4.69, 9.17) is 11.6 Å². The molecule has 0 aliphatic carbocycles. The van der Waals surface area contributed by atoms with Gasteiger partial charge in [-0.25, -0.2) is 4.79 Å². The molecule has 3 aromatic rings. The molecule has 1 aromatic carbocycles. The Balaban J connectivity index is 2.26. The van der Waals surface area contributed by atoms with Crippen LogP contribution in [0.4, 0.5) is 0 Å². The Bertz CT molecular complexity index is 892. The first-order valence-corrected chi connectivity index (χ1v) is 6.34. The van der Waals surface area contributed by atoms with Gasteiger partial charge in [0.1, 0.15) is 0 Å². The molecule has 0 radical (unpaired) electrons. The first-order valence-electron chi connectivity index (χ1n) is 5.97. The molecule has 3 rings (SSSR count). The number of benzene rings is 1. The van der Waals surface area contributed by atoms with Crippen LogP contribution in [0.15, 0.2) is 39.9 Å². The van der Waals surface area contributed by atoms with Crippen molar-refractivity contribution in [3.8, 4) is 0 Å². The van der Waals surface area contributed by atoms with Gasteiger partial charge in [0.2, 0.25) is 5.28 Å². The Labute approximate surface area is 118 Å². The highest BCUT2D eigenvalue weighted by atomic mass is 35.5. The summed E-state index contributed by atoms with van der Waals surface area (Å²) >= 11 is 5.76. The van der Waals surface area contributed by atoms with Crippen molar-refractivity contribution in [2.75, 3.05) is 0 Å².